The van der Waals surface area contributed by atoms with Crippen molar-refractivity contribution in [3.05, 3.63) is 66.3 Å². The van der Waals surface area contributed by atoms with Crippen molar-refractivity contribution in [1.82, 2.24) is 10.1 Å². The molecule has 0 fully saturated rings. The van der Waals surface area contributed by atoms with E-state index >= 15 is 0 Å². The van der Waals surface area contributed by atoms with Crippen LogP contribution in [-0.2, 0) is 0 Å². The van der Waals surface area contributed by atoms with Crippen LogP contribution >= 0.6 is 0 Å². The van der Waals surface area contributed by atoms with Crippen molar-refractivity contribution in [3.8, 4) is 11.4 Å². The molecular formula is C15H10FN3O. The van der Waals surface area contributed by atoms with Crippen LogP contribution in [0, 0.1) is 5.82 Å². The van der Waals surface area contributed by atoms with Crippen molar-refractivity contribution in [1.29, 1.82) is 0 Å². The molecular weight excluding hydrogens is 257 g/mol. The lowest BCUT2D eigenvalue weighted by molar-refractivity contribution is 0.419. The van der Waals surface area contributed by atoms with Crippen molar-refractivity contribution < 1.29 is 8.91 Å². The van der Waals surface area contributed by atoms with E-state index in [0.29, 0.717) is 11.4 Å². The molecule has 3 aromatic rings. The first-order valence-corrected chi connectivity index (χ1v) is 5.98. The van der Waals surface area contributed by atoms with Gasteiger partial charge in [-0.1, -0.05) is 17.3 Å². The van der Waals surface area contributed by atoms with Crippen LogP contribution in [0.3, 0.4) is 0 Å². The Labute approximate surface area is 114 Å². The maximum atomic E-state index is 13.0. The topological polar surface area (TPSA) is 51.3 Å². The second kappa shape index (κ2) is 5.44. The van der Waals surface area contributed by atoms with E-state index in [-0.39, 0.29) is 5.82 Å². The Morgan fingerprint density at radius 2 is 1.95 bits per heavy atom. The van der Waals surface area contributed by atoms with E-state index in [1.165, 1.54) is 18.5 Å². The van der Waals surface area contributed by atoms with Gasteiger partial charge < -0.3 is 4.52 Å². The molecule has 2 aromatic carbocycles. The van der Waals surface area contributed by atoms with Gasteiger partial charge >= 0.3 is 0 Å². The Morgan fingerprint density at radius 3 is 2.65 bits per heavy atom. The van der Waals surface area contributed by atoms with Gasteiger partial charge in [-0.05, 0) is 42.0 Å². The monoisotopic (exact) mass is 267 g/mol. The van der Waals surface area contributed by atoms with Crippen molar-refractivity contribution in [2.45, 2.75) is 0 Å². The van der Waals surface area contributed by atoms with Gasteiger partial charge in [-0.25, -0.2) is 4.39 Å². The molecule has 3 rings (SSSR count). The lowest BCUT2D eigenvalue weighted by atomic mass is 10.2. The highest BCUT2D eigenvalue weighted by molar-refractivity contribution is 5.82. The molecule has 1 heterocycles. The number of nitrogens with zero attached hydrogens (tertiary/aromatic N) is 3. The normalized spacial score (nSPS) is 11.1. The Bertz CT molecular complexity index is 721. The summed E-state index contributed by atoms with van der Waals surface area (Å²) >= 11 is 0. The Balaban J connectivity index is 1.78. The molecule has 0 atom stereocenters. The number of hydrogen-bond acceptors (Lipinski definition) is 4. The first kappa shape index (κ1) is 12.2. The molecule has 5 heteroatoms. The van der Waals surface area contributed by atoms with E-state index in [2.05, 4.69) is 19.7 Å². The van der Waals surface area contributed by atoms with Gasteiger partial charge in [0.05, 0.1) is 5.69 Å². The third-order valence-electron chi connectivity index (χ3n) is 2.70. The minimum atomic E-state index is -0.276. The third kappa shape index (κ3) is 2.77. The zero-order chi connectivity index (χ0) is 13.8. The second-order valence-corrected chi connectivity index (χ2v) is 4.11. The van der Waals surface area contributed by atoms with Crippen LogP contribution in [0.15, 0.2) is 64.4 Å². The highest BCUT2D eigenvalue weighted by Gasteiger charge is 2.01. The van der Waals surface area contributed by atoms with Crippen LogP contribution in [0.2, 0.25) is 0 Å². The van der Waals surface area contributed by atoms with Crippen molar-refractivity contribution in [3.63, 3.8) is 0 Å². The highest BCUT2D eigenvalue weighted by Crippen LogP contribution is 2.19. The second-order valence-electron chi connectivity index (χ2n) is 4.11. The van der Waals surface area contributed by atoms with Gasteiger partial charge in [0, 0.05) is 11.8 Å². The molecule has 0 saturated heterocycles. The molecule has 20 heavy (non-hydrogen) atoms. The van der Waals surface area contributed by atoms with Crippen LogP contribution in [0.5, 0.6) is 0 Å². The molecule has 0 aliphatic carbocycles. The summed E-state index contributed by atoms with van der Waals surface area (Å²) in [6.07, 6.45) is 2.90. The maximum Gasteiger partial charge on any atom is 0.214 e. The number of aliphatic imine (C=N–C) groups is 1. The van der Waals surface area contributed by atoms with Crippen LogP contribution in [-0.4, -0.2) is 16.4 Å². The molecule has 0 aliphatic rings. The third-order valence-corrected chi connectivity index (χ3v) is 2.70. The zero-order valence-electron chi connectivity index (χ0n) is 10.4. The number of halogens is 1. The Hall–Kier alpha value is -2.82. The van der Waals surface area contributed by atoms with E-state index in [0.717, 1.165) is 11.3 Å². The molecule has 0 aliphatic heterocycles. The summed E-state index contributed by atoms with van der Waals surface area (Å²) in [5.74, 6) is 0.257. The van der Waals surface area contributed by atoms with Gasteiger partial charge in [0.25, 0.3) is 0 Å². The van der Waals surface area contributed by atoms with E-state index in [1.54, 1.807) is 18.3 Å². The van der Waals surface area contributed by atoms with Crippen LogP contribution in [0.1, 0.15) is 5.56 Å². The molecule has 0 bridgehead atoms. The summed E-state index contributed by atoms with van der Waals surface area (Å²) in [5.41, 5.74) is 2.33. The van der Waals surface area contributed by atoms with Gasteiger partial charge in [-0.2, -0.15) is 4.98 Å². The number of rotatable bonds is 3. The predicted octanol–water partition coefficient (Wildman–Crippen LogP) is 3.63. The molecule has 0 N–H and O–H groups in total. The van der Waals surface area contributed by atoms with Gasteiger partial charge in [0.15, 0.2) is 0 Å². The molecule has 4 nitrogen and oxygen atoms in total. The molecule has 0 amide bonds. The highest BCUT2D eigenvalue weighted by atomic mass is 19.1. The summed E-state index contributed by atoms with van der Waals surface area (Å²) < 4.78 is 17.7. The van der Waals surface area contributed by atoms with E-state index < -0.39 is 0 Å². The number of aromatic nitrogens is 2. The number of benzene rings is 2. The molecule has 0 spiro atoms. The maximum absolute atomic E-state index is 13.0. The van der Waals surface area contributed by atoms with E-state index in [4.69, 9.17) is 0 Å². The summed E-state index contributed by atoms with van der Waals surface area (Å²) in [6, 6.07) is 13.6. The van der Waals surface area contributed by atoms with Gasteiger partial charge in [0.1, 0.15) is 5.82 Å². The SMILES string of the molecule is Fc1cccc(C=Nc2ccc(-c3ncon3)cc2)c1. The lowest BCUT2D eigenvalue weighted by Crippen LogP contribution is -1.82. The fourth-order valence-corrected chi connectivity index (χ4v) is 1.73. The van der Waals surface area contributed by atoms with Crippen molar-refractivity contribution in [2.24, 2.45) is 4.99 Å². The zero-order valence-corrected chi connectivity index (χ0v) is 10.4. The summed E-state index contributed by atoms with van der Waals surface area (Å²) in [6.45, 7) is 0. The average Bonchev–Trinajstić information content (AvgIpc) is 3.00. The quantitative estimate of drug-likeness (QED) is 0.681. The predicted molar refractivity (Wildman–Crippen MR) is 73.4 cm³/mol. The minimum Gasteiger partial charge on any atom is -0.342 e. The van der Waals surface area contributed by atoms with Crippen molar-refractivity contribution >= 4 is 11.9 Å². The average molecular weight is 267 g/mol. The minimum absolute atomic E-state index is 0.276. The molecule has 0 unspecified atom stereocenters. The smallest absolute Gasteiger partial charge is 0.214 e. The van der Waals surface area contributed by atoms with Gasteiger partial charge in [-0.15, -0.1) is 0 Å². The summed E-state index contributed by atoms with van der Waals surface area (Å²) in [4.78, 5) is 8.25. The summed E-state index contributed by atoms with van der Waals surface area (Å²) in [5, 5.41) is 3.75. The summed E-state index contributed by atoms with van der Waals surface area (Å²) in [7, 11) is 0. The van der Waals surface area contributed by atoms with Crippen LogP contribution in [0.4, 0.5) is 10.1 Å². The van der Waals surface area contributed by atoms with Crippen molar-refractivity contribution in [2.75, 3.05) is 0 Å². The fraction of sp³-hybridized carbons (Fsp3) is 0. The lowest BCUT2D eigenvalue weighted by Gasteiger charge is -1.97. The molecule has 98 valence electrons. The molecule has 0 radical (unpaired) electrons. The first-order valence-electron chi connectivity index (χ1n) is 5.98. The number of hydrogen-bond donors (Lipinski definition) is 0. The van der Waals surface area contributed by atoms with E-state index in [9.17, 15) is 4.39 Å². The Kier molecular flexibility index (Phi) is 3.33. The first-order chi connectivity index (χ1) is 9.81. The largest absolute Gasteiger partial charge is 0.342 e. The standard InChI is InChI=1S/C15H10FN3O/c16-13-3-1-2-11(8-13)9-17-14-6-4-12(5-7-14)15-18-10-20-19-15/h1-10H. The van der Waals surface area contributed by atoms with Gasteiger partial charge in [0.2, 0.25) is 12.2 Å². The van der Waals surface area contributed by atoms with Crippen LogP contribution < -0.4 is 0 Å². The molecule has 1 aromatic heterocycles. The van der Waals surface area contributed by atoms with E-state index in [1.807, 2.05) is 24.3 Å². The fourth-order valence-electron chi connectivity index (χ4n) is 1.73. The Morgan fingerprint density at radius 1 is 1.10 bits per heavy atom. The van der Waals surface area contributed by atoms with Gasteiger partial charge in [-0.3, -0.25) is 4.99 Å². The molecule has 0 saturated carbocycles. The van der Waals surface area contributed by atoms with Crippen LogP contribution in [0.25, 0.3) is 11.4 Å².